The molecule has 0 saturated carbocycles. The molecule has 3 aromatic rings. The molecule has 2 atom stereocenters. The molecule has 1 aromatic heterocycles. The molecule has 1 fully saturated rings. The number of carbonyl (C=O) groups excluding carboxylic acids is 1. The number of benzene rings is 2. The van der Waals surface area contributed by atoms with Crippen molar-refractivity contribution in [3.8, 4) is 0 Å². The van der Waals surface area contributed by atoms with Crippen LogP contribution in [-0.2, 0) is 13.1 Å². The molecule has 4 rings (SSSR count). The van der Waals surface area contributed by atoms with E-state index in [0.29, 0.717) is 24.7 Å². The van der Waals surface area contributed by atoms with Gasteiger partial charge in [-0.3, -0.25) is 14.7 Å². The summed E-state index contributed by atoms with van der Waals surface area (Å²) in [6.45, 7) is 6.73. The van der Waals surface area contributed by atoms with Crippen molar-refractivity contribution in [2.45, 2.75) is 38.9 Å². The summed E-state index contributed by atoms with van der Waals surface area (Å²) in [6.07, 6.45) is 3.48. The molecular formula is C28H33FN4O. The Kier molecular flexibility index (Phi) is 7.39. The number of pyridine rings is 1. The lowest BCUT2D eigenvalue weighted by molar-refractivity contribution is 0.0950. The van der Waals surface area contributed by atoms with Crippen molar-refractivity contribution in [1.82, 2.24) is 20.1 Å². The quantitative estimate of drug-likeness (QED) is 0.571. The minimum atomic E-state index is -0.137. The summed E-state index contributed by atoms with van der Waals surface area (Å²) in [5.74, 6) is 0.0655. The summed E-state index contributed by atoms with van der Waals surface area (Å²) in [5.41, 5.74) is 5.59. The van der Waals surface area contributed by atoms with E-state index in [4.69, 9.17) is 0 Å². The molecule has 1 amide bonds. The van der Waals surface area contributed by atoms with E-state index in [1.165, 1.54) is 5.56 Å². The number of rotatable bonds is 7. The number of hydrogen-bond acceptors (Lipinski definition) is 4. The van der Waals surface area contributed by atoms with Crippen LogP contribution in [0.15, 0.2) is 60.9 Å². The van der Waals surface area contributed by atoms with Crippen LogP contribution in [0.2, 0.25) is 0 Å². The Hall–Kier alpha value is -3.09. The highest BCUT2D eigenvalue weighted by molar-refractivity contribution is 5.95. The number of likely N-dealkylation sites (N-methyl/N-ethyl adjacent to an activating group) is 1. The fraction of sp³-hybridized carbons (Fsp3) is 0.357. The topological polar surface area (TPSA) is 48.5 Å². The third kappa shape index (κ3) is 5.34. The smallest absolute Gasteiger partial charge is 0.251 e. The van der Waals surface area contributed by atoms with Crippen molar-refractivity contribution >= 4 is 5.91 Å². The Labute approximate surface area is 201 Å². The van der Waals surface area contributed by atoms with Gasteiger partial charge in [0.25, 0.3) is 5.91 Å². The van der Waals surface area contributed by atoms with E-state index < -0.39 is 0 Å². The lowest BCUT2D eigenvalue weighted by atomic mass is 9.91. The van der Waals surface area contributed by atoms with E-state index in [2.05, 4.69) is 46.3 Å². The first-order chi connectivity index (χ1) is 16.3. The van der Waals surface area contributed by atoms with Gasteiger partial charge in [0.2, 0.25) is 0 Å². The summed E-state index contributed by atoms with van der Waals surface area (Å²) in [7, 11) is 4.20. The second-order valence-electron chi connectivity index (χ2n) is 9.49. The first-order valence-electron chi connectivity index (χ1n) is 11.7. The number of nitrogens with one attached hydrogen (secondary N) is 1. The van der Waals surface area contributed by atoms with E-state index in [9.17, 15) is 9.18 Å². The molecule has 178 valence electrons. The normalized spacial score (nSPS) is 18.4. The fourth-order valence-electron chi connectivity index (χ4n) is 4.89. The molecule has 6 heteroatoms. The van der Waals surface area contributed by atoms with Gasteiger partial charge in [-0.1, -0.05) is 30.3 Å². The van der Waals surface area contributed by atoms with Crippen LogP contribution in [-0.4, -0.2) is 53.9 Å². The van der Waals surface area contributed by atoms with E-state index in [0.717, 1.165) is 35.3 Å². The minimum Gasteiger partial charge on any atom is -0.348 e. The van der Waals surface area contributed by atoms with Gasteiger partial charge in [0.05, 0.1) is 0 Å². The van der Waals surface area contributed by atoms with Crippen LogP contribution in [0.5, 0.6) is 0 Å². The third-order valence-electron chi connectivity index (χ3n) is 6.86. The summed E-state index contributed by atoms with van der Waals surface area (Å²) >= 11 is 0. The van der Waals surface area contributed by atoms with Crippen molar-refractivity contribution in [3.63, 3.8) is 0 Å². The Morgan fingerprint density at radius 3 is 2.62 bits per heavy atom. The van der Waals surface area contributed by atoms with Crippen LogP contribution >= 0.6 is 0 Å². The predicted octanol–water partition coefficient (Wildman–Crippen LogP) is 4.30. The molecule has 0 spiro atoms. The first kappa shape index (κ1) is 24.0. The average molecular weight is 461 g/mol. The summed E-state index contributed by atoms with van der Waals surface area (Å²) < 4.78 is 14.4. The van der Waals surface area contributed by atoms with Crippen LogP contribution in [0.3, 0.4) is 0 Å². The maximum atomic E-state index is 14.4. The third-order valence-corrected chi connectivity index (χ3v) is 6.86. The van der Waals surface area contributed by atoms with Crippen molar-refractivity contribution in [2.75, 3.05) is 27.2 Å². The summed E-state index contributed by atoms with van der Waals surface area (Å²) in [5, 5.41) is 2.99. The number of likely N-dealkylation sites (tertiary alicyclic amines) is 1. The minimum absolute atomic E-state index is 0.0832. The highest BCUT2D eigenvalue weighted by Crippen LogP contribution is 2.33. The molecule has 1 aliphatic heterocycles. The Morgan fingerprint density at radius 1 is 1.12 bits per heavy atom. The van der Waals surface area contributed by atoms with Gasteiger partial charge in [-0.05, 0) is 68.4 Å². The van der Waals surface area contributed by atoms with Crippen molar-refractivity contribution in [2.24, 2.45) is 0 Å². The lowest BCUT2D eigenvalue weighted by Crippen LogP contribution is -2.34. The van der Waals surface area contributed by atoms with Gasteiger partial charge in [0.15, 0.2) is 0 Å². The van der Waals surface area contributed by atoms with Crippen molar-refractivity contribution in [3.05, 3.63) is 100 Å². The molecule has 2 heterocycles. The van der Waals surface area contributed by atoms with Crippen LogP contribution in [0.25, 0.3) is 0 Å². The molecule has 0 radical (unpaired) electrons. The molecule has 1 N–H and O–H groups in total. The molecular weight excluding hydrogens is 427 g/mol. The number of nitrogens with zero attached hydrogens (tertiary/aromatic N) is 3. The van der Waals surface area contributed by atoms with Crippen LogP contribution in [0.4, 0.5) is 4.39 Å². The predicted molar refractivity (Wildman–Crippen MR) is 133 cm³/mol. The van der Waals surface area contributed by atoms with Gasteiger partial charge in [-0.2, -0.15) is 0 Å². The highest BCUT2D eigenvalue weighted by Gasteiger charge is 2.35. The van der Waals surface area contributed by atoms with E-state index in [1.54, 1.807) is 24.5 Å². The molecule has 34 heavy (non-hydrogen) atoms. The largest absolute Gasteiger partial charge is 0.348 e. The Balaban J connectivity index is 1.48. The van der Waals surface area contributed by atoms with Crippen LogP contribution in [0, 0.1) is 19.7 Å². The average Bonchev–Trinajstić information content (AvgIpc) is 3.25. The molecule has 0 bridgehead atoms. The number of amides is 1. The number of aryl methyl sites for hydroxylation is 2. The molecule has 1 saturated heterocycles. The Morgan fingerprint density at radius 2 is 1.94 bits per heavy atom. The molecule has 0 aliphatic carbocycles. The first-order valence-corrected chi connectivity index (χ1v) is 11.7. The molecule has 5 nitrogen and oxygen atoms in total. The monoisotopic (exact) mass is 460 g/mol. The second kappa shape index (κ2) is 10.5. The highest BCUT2D eigenvalue weighted by atomic mass is 19.1. The van der Waals surface area contributed by atoms with Crippen molar-refractivity contribution in [1.29, 1.82) is 0 Å². The van der Waals surface area contributed by atoms with Gasteiger partial charge < -0.3 is 10.2 Å². The van der Waals surface area contributed by atoms with Crippen LogP contribution in [0.1, 0.15) is 44.1 Å². The SMILES string of the molecule is Cc1cc([C@H]2CN(Cc3c(C)cccc3F)C[C@@H]2N(C)C)ccc1C(=O)NCc1cccnc1. The fourth-order valence-corrected chi connectivity index (χ4v) is 4.89. The molecule has 1 aliphatic rings. The van der Waals surface area contributed by atoms with Crippen molar-refractivity contribution < 1.29 is 9.18 Å². The maximum absolute atomic E-state index is 14.4. The zero-order valence-corrected chi connectivity index (χ0v) is 20.4. The van der Waals surface area contributed by atoms with Gasteiger partial charge in [0.1, 0.15) is 5.82 Å². The number of carbonyl (C=O) groups is 1. The van der Waals surface area contributed by atoms with Crippen LogP contribution < -0.4 is 5.32 Å². The Bertz CT molecular complexity index is 1130. The van der Waals surface area contributed by atoms with Gasteiger partial charge in [-0.25, -0.2) is 4.39 Å². The van der Waals surface area contributed by atoms with Gasteiger partial charge in [0, 0.05) is 61.7 Å². The van der Waals surface area contributed by atoms with E-state index >= 15 is 0 Å². The van der Waals surface area contributed by atoms with E-state index in [1.807, 2.05) is 38.1 Å². The maximum Gasteiger partial charge on any atom is 0.251 e. The zero-order chi connectivity index (χ0) is 24.2. The number of aromatic nitrogens is 1. The lowest BCUT2D eigenvalue weighted by Gasteiger charge is -2.26. The van der Waals surface area contributed by atoms with Gasteiger partial charge in [-0.15, -0.1) is 0 Å². The summed E-state index contributed by atoms with van der Waals surface area (Å²) in [4.78, 5) is 21.5. The molecule has 0 unspecified atom stereocenters. The number of hydrogen-bond donors (Lipinski definition) is 1. The van der Waals surface area contributed by atoms with Gasteiger partial charge >= 0.3 is 0 Å². The standard InChI is InChI=1S/C28H33FN4O/c1-19-7-5-9-26(29)24(19)16-33-17-25(27(18-33)32(3)4)22-10-11-23(20(2)13-22)28(34)31-15-21-8-6-12-30-14-21/h5-14,25,27H,15-18H2,1-4H3,(H,31,34)/t25-,27+/m1/s1. The summed E-state index contributed by atoms with van der Waals surface area (Å²) in [6, 6.07) is 15.5. The number of halogens is 1. The zero-order valence-electron chi connectivity index (χ0n) is 20.4. The van der Waals surface area contributed by atoms with E-state index in [-0.39, 0.29) is 17.6 Å². The molecule has 2 aromatic carbocycles. The second-order valence-corrected chi connectivity index (χ2v) is 9.49.